The van der Waals surface area contributed by atoms with Gasteiger partial charge in [0.15, 0.2) is 0 Å². The van der Waals surface area contributed by atoms with Crippen LogP contribution in [0, 0.1) is 12.8 Å². The highest BCUT2D eigenvalue weighted by atomic mass is 32.1. The molecule has 170 valence electrons. The van der Waals surface area contributed by atoms with Crippen LogP contribution in [-0.2, 0) is 23.9 Å². The van der Waals surface area contributed by atoms with Gasteiger partial charge in [-0.2, -0.15) is 13.2 Å². The number of aromatic nitrogens is 2. The molecule has 4 rings (SSSR count). The van der Waals surface area contributed by atoms with Crippen LogP contribution in [0.3, 0.4) is 0 Å². The van der Waals surface area contributed by atoms with Crippen molar-refractivity contribution in [2.75, 3.05) is 18.0 Å². The number of thiophene rings is 1. The maximum Gasteiger partial charge on any atom is 0.416 e. The number of halogens is 3. The summed E-state index contributed by atoms with van der Waals surface area (Å²) < 4.78 is 38.6. The number of nitrogens with one attached hydrogen (secondary N) is 1. The third-order valence-corrected chi connectivity index (χ3v) is 6.76. The minimum atomic E-state index is -4.39. The lowest BCUT2D eigenvalue weighted by Crippen LogP contribution is -2.40. The van der Waals surface area contributed by atoms with Crippen molar-refractivity contribution in [2.24, 2.45) is 5.92 Å². The van der Waals surface area contributed by atoms with Crippen LogP contribution in [0.2, 0.25) is 0 Å². The van der Waals surface area contributed by atoms with Crippen LogP contribution in [0.5, 0.6) is 0 Å². The molecule has 0 aliphatic carbocycles. The number of fused-ring (bicyclic) bond motifs is 1. The fraction of sp³-hybridized carbons (Fsp3) is 0.435. The highest BCUT2D eigenvalue weighted by Crippen LogP contribution is 2.34. The Labute approximate surface area is 188 Å². The maximum atomic E-state index is 12.9. The van der Waals surface area contributed by atoms with Crippen LogP contribution in [0.1, 0.15) is 41.6 Å². The van der Waals surface area contributed by atoms with E-state index in [0.717, 1.165) is 41.1 Å². The van der Waals surface area contributed by atoms with Crippen molar-refractivity contribution in [3.8, 4) is 0 Å². The summed E-state index contributed by atoms with van der Waals surface area (Å²) in [7, 11) is 0. The van der Waals surface area contributed by atoms with Crippen LogP contribution in [-0.4, -0.2) is 29.0 Å². The molecule has 1 fully saturated rings. The molecule has 2 aromatic heterocycles. The molecule has 32 heavy (non-hydrogen) atoms. The number of aryl methyl sites for hydroxylation is 2. The predicted molar refractivity (Wildman–Crippen MR) is 120 cm³/mol. The third-order valence-electron chi connectivity index (χ3n) is 5.87. The van der Waals surface area contributed by atoms with Gasteiger partial charge >= 0.3 is 6.18 Å². The molecule has 0 atom stereocenters. The topological polar surface area (TPSA) is 58.1 Å². The van der Waals surface area contributed by atoms with Gasteiger partial charge in [0.2, 0.25) is 5.91 Å². The molecule has 3 heterocycles. The van der Waals surface area contributed by atoms with Gasteiger partial charge < -0.3 is 10.2 Å². The quantitative estimate of drug-likeness (QED) is 0.572. The standard InChI is InChI=1S/C23H25F3N4OS/c1-3-19-28-18-13-32-14(2)20(18)21(29-19)30-9-7-16(8-10-30)22(31)27-12-15-5-4-6-17(11-15)23(24,25)26/h4-6,11,13,16H,3,7-10,12H2,1-2H3,(H,27,31). The van der Waals surface area contributed by atoms with E-state index >= 15 is 0 Å². The Morgan fingerprint density at radius 3 is 2.69 bits per heavy atom. The summed E-state index contributed by atoms with van der Waals surface area (Å²) >= 11 is 1.66. The number of carbonyl (C=O) groups is 1. The van der Waals surface area contributed by atoms with E-state index < -0.39 is 11.7 Å². The number of hydrogen-bond donors (Lipinski definition) is 1. The number of amides is 1. The molecule has 1 aliphatic heterocycles. The Hall–Kier alpha value is -2.68. The molecule has 1 amide bonds. The first-order valence-electron chi connectivity index (χ1n) is 10.7. The Balaban J connectivity index is 1.39. The number of alkyl halides is 3. The average Bonchev–Trinajstić information content (AvgIpc) is 3.17. The van der Waals surface area contributed by atoms with E-state index in [0.29, 0.717) is 31.5 Å². The molecular weight excluding hydrogens is 437 g/mol. The van der Waals surface area contributed by atoms with Crippen LogP contribution in [0.15, 0.2) is 29.6 Å². The first kappa shape index (κ1) is 22.5. The summed E-state index contributed by atoms with van der Waals surface area (Å²) in [6, 6.07) is 5.07. The van der Waals surface area contributed by atoms with Crippen molar-refractivity contribution >= 4 is 34.0 Å². The molecule has 5 nitrogen and oxygen atoms in total. The SMILES string of the molecule is CCc1nc(N2CCC(C(=O)NCc3cccc(C(F)(F)F)c3)CC2)c2c(C)scc2n1. The minimum absolute atomic E-state index is 0.0868. The van der Waals surface area contributed by atoms with Crippen LogP contribution < -0.4 is 10.2 Å². The van der Waals surface area contributed by atoms with Gasteiger partial charge in [0.25, 0.3) is 0 Å². The summed E-state index contributed by atoms with van der Waals surface area (Å²) in [5.74, 6) is 1.47. The predicted octanol–water partition coefficient (Wildman–Crippen LogP) is 5.11. The Morgan fingerprint density at radius 2 is 2.00 bits per heavy atom. The molecule has 0 unspecified atom stereocenters. The van der Waals surface area contributed by atoms with Gasteiger partial charge in [0.05, 0.1) is 16.5 Å². The van der Waals surface area contributed by atoms with Gasteiger partial charge in [-0.15, -0.1) is 11.3 Å². The molecule has 3 aromatic rings. The van der Waals surface area contributed by atoms with Crippen molar-refractivity contribution in [3.05, 3.63) is 51.5 Å². The molecule has 9 heteroatoms. The van der Waals surface area contributed by atoms with E-state index in [-0.39, 0.29) is 18.4 Å². The second kappa shape index (κ2) is 9.05. The number of anilines is 1. The molecule has 0 bridgehead atoms. The van der Waals surface area contributed by atoms with Gasteiger partial charge in [0.1, 0.15) is 11.6 Å². The third kappa shape index (κ3) is 4.72. The summed E-state index contributed by atoms with van der Waals surface area (Å²) in [6.45, 7) is 5.59. The van der Waals surface area contributed by atoms with E-state index in [4.69, 9.17) is 4.98 Å². The Kier molecular flexibility index (Phi) is 6.37. The molecule has 1 N–H and O–H groups in total. The number of carbonyl (C=O) groups excluding carboxylic acids is 1. The monoisotopic (exact) mass is 462 g/mol. The zero-order valence-corrected chi connectivity index (χ0v) is 18.8. The van der Waals surface area contributed by atoms with Crippen molar-refractivity contribution in [2.45, 2.75) is 45.8 Å². The number of piperidine rings is 1. The molecular formula is C23H25F3N4OS. The first-order valence-corrected chi connectivity index (χ1v) is 11.6. The van der Waals surface area contributed by atoms with E-state index in [1.165, 1.54) is 10.9 Å². The van der Waals surface area contributed by atoms with Crippen molar-refractivity contribution < 1.29 is 18.0 Å². The van der Waals surface area contributed by atoms with Gasteiger partial charge in [-0.05, 0) is 37.5 Å². The largest absolute Gasteiger partial charge is 0.416 e. The second-order valence-corrected chi connectivity index (χ2v) is 9.13. The highest BCUT2D eigenvalue weighted by molar-refractivity contribution is 7.11. The normalized spacial score (nSPS) is 15.3. The van der Waals surface area contributed by atoms with Crippen LogP contribution in [0.4, 0.5) is 19.0 Å². The molecule has 0 spiro atoms. The summed E-state index contributed by atoms with van der Waals surface area (Å²) in [4.78, 5) is 25.5. The molecule has 1 aliphatic rings. The van der Waals surface area contributed by atoms with Gasteiger partial charge in [-0.1, -0.05) is 19.1 Å². The highest BCUT2D eigenvalue weighted by Gasteiger charge is 2.31. The second-order valence-electron chi connectivity index (χ2n) is 8.05. The minimum Gasteiger partial charge on any atom is -0.356 e. The fourth-order valence-electron chi connectivity index (χ4n) is 4.07. The fourth-order valence-corrected chi connectivity index (χ4v) is 4.84. The Bertz CT molecular complexity index is 1120. The number of hydrogen-bond acceptors (Lipinski definition) is 5. The zero-order valence-electron chi connectivity index (χ0n) is 18.0. The number of nitrogens with zero attached hydrogens (tertiary/aromatic N) is 3. The molecule has 0 radical (unpaired) electrons. The van der Waals surface area contributed by atoms with Gasteiger partial charge in [-0.25, -0.2) is 9.97 Å². The number of benzene rings is 1. The average molecular weight is 463 g/mol. The lowest BCUT2D eigenvalue weighted by atomic mass is 9.95. The Morgan fingerprint density at radius 1 is 1.25 bits per heavy atom. The van der Waals surface area contributed by atoms with Crippen LogP contribution in [0.25, 0.3) is 10.9 Å². The van der Waals surface area contributed by atoms with Crippen molar-refractivity contribution in [1.29, 1.82) is 0 Å². The van der Waals surface area contributed by atoms with E-state index in [1.807, 2.05) is 6.92 Å². The van der Waals surface area contributed by atoms with Crippen molar-refractivity contribution in [3.63, 3.8) is 0 Å². The molecule has 0 saturated carbocycles. The molecule has 1 aromatic carbocycles. The van der Waals surface area contributed by atoms with Crippen molar-refractivity contribution in [1.82, 2.24) is 15.3 Å². The molecule has 1 saturated heterocycles. The first-order chi connectivity index (χ1) is 15.3. The maximum absolute atomic E-state index is 12.9. The summed E-state index contributed by atoms with van der Waals surface area (Å²) in [5, 5.41) is 5.95. The lowest BCUT2D eigenvalue weighted by molar-refractivity contribution is -0.137. The van der Waals surface area contributed by atoms with E-state index in [9.17, 15) is 18.0 Å². The lowest BCUT2D eigenvalue weighted by Gasteiger charge is -2.32. The summed E-state index contributed by atoms with van der Waals surface area (Å²) in [5.41, 5.74) is 0.702. The van der Waals surface area contributed by atoms with Gasteiger partial charge in [0, 0.05) is 42.2 Å². The smallest absolute Gasteiger partial charge is 0.356 e. The summed E-state index contributed by atoms with van der Waals surface area (Å²) in [6.07, 6.45) is -2.29. The van der Waals surface area contributed by atoms with Crippen LogP contribution >= 0.6 is 11.3 Å². The van der Waals surface area contributed by atoms with E-state index in [1.54, 1.807) is 17.4 Å². The van der Waals surface area contributed by atoms with E-state index in [2.05, 4.69) is 27.5 Å². The van der Waals surface area contributed by atoms with Gasteiger partial charge in [-0.3, -0.25) is 4.79 Å². The zero-order chi connectivity index (χ0) is 22.9. The number of rotatable bonds is 5.